The third-order valence-corrected chi connectivity index (χ3v) is 7.26. The van der Waals surface area contributed by atoms with Crippen LogP contribution in [-0.2, 0) is 4.57 Å². The van der Waals surface area contributed by atoms with E-state index in [-0.39, 0.29) is 5.82 Å². The van der Waals surface area contributed by atoms with E-state index < -0.39 is 7.14 Å². The van der Waals surface area contributed by atoms with Crippen LogP contribution in [0.25, 0.3) is 0 Å². The summed E-state index contributed by atoms with van der Waals surface area (Å²) in [5, 5.41) is 3.74. The van der Waals surface area contributed by atoms with Gasteiger partial charge >= 0.3 is 0 Å². The van der Waals surface area contributed by atoms with Crippen LogP contribution < -0.4 is 10.6 Å². The quantitative estimate of drug-likeness (QED) is 0.771. The fraction of sp³-hybridized carbons (Fsp3) is 0.267. The molecule has 6 heteroatoms. The second-order valence-electron chi connectivity index (χ2n) is 4.66. The highest BCUT2D eigenvalue weighted by Gasteiger charge is 2.23. The zero-order chi connectivity index (χ0) is 15.5. The molecule has 0 amide bonds. The molecule has 0 saturated carbocycles. The molecule has 0 fully saturated rings. The molecule has 0 aliphatic carbocycles. The highest BCUT2D eigenvalue weighted by atomic mass is 79.9. The van der Waals surface area contributed by atoms with Gasteiger partial charge in [-0.15, -0.1) is 0 Å². The van der Waals surface area contributed by atoms with E-state index in [1.54, 1.807) is 30.6 Å². The van der Waals surface area contributed by atoms with Crippen molar-refractivity contribution < 1.29 is 8.96 Å². The minimum atomic E-state index is -2.47. The molecule has 0 radical (unpaired) electrons. The normalized spacial score (nSPS) is 11.4. The largest absolute Gasteiger partial charge is 0.351 e. The summed E-state index contributed by atoms with van der Waals surface area (Å²) >= 11 is 3.23. The predicted octanol–water partition coefficient (Wildman–Crippen LogP) is 4.76. The lowest BCUT2D eigenvalue weighted by Crippen LogP contribution is -2.14. The second-order valence-corrected chi connectivity index (χ2v) is 9.10. The van der Waals surface area contributed by atoms with Gasteiger partial charge in [-0.25, -0.2) is 4.39 Å². The van der Waals surface area contributed by atoms with Crippen molar-refractivity contribution in [3.63, 3.8) is 0 Å². The lowest BCUT2D eigenvalue weighted by atomic mass is 10.3. The summed E-state index contributed by atoms with van der Waals surface area (Å²) in [4.78, 5) is 4.06. The zero-order valence-electron chi connectivity index (χ0n) is 11.9. The van der Waals surface area contributed by atoms with E-state index in [1.165, 1.54) is 6.07 Å². The summed E-state index contributed by atoms with van der Waals surface area (Å²) in [7, 11) is -2.47. The van der Waals surface area contributed by atoms with Crippen molar-refractivity contribution in [2.45, 2.75) is 13.8 Å². The monoisotopic (exact) mass is 370 g/mol. The van der Waals surface area contributed by atoms with Gasteiger partial charge < -0.3 is 9.88 Å². The maximum Gasteiger partial charge on any atom is 0.147 e. The number of aromatic nitrogens is 1. The van der Waals surface area contributed by atoms with Crippen LogP contribution in [-0.4, -0.2) is 17.3 Å². The number of nitrogens with zero attached hydrogens (tertiary/aromatic N) is 1. The van der Waals surface area contributed by atoms with E-state index in [0.717, 1.165) is 5.30 Å². The van der Waals surface area contributed by atoms with Gasteiger partial charge in [0, 0.05) is 28.3 Å². The smallest absolute Gasteiger partial charge is 0.147 e. The third kappa shape index (κ3) is 3.53. The second kappa shape index (κ2) is 6.71. The average molecular weight is 371 g/mol. The Morgan fingerprint density at radius 1 is 1.24 bits per heavy atom. The van der Waals surface area contributed by atoms with Crippen LogP contribution in [0.1, 0.15) is 13.8 Å². The minimum absolute atomic E-state index is 0.339. The first kappa shape index (κ1) is 16.2. The molecule has 0 atom stereocenters. The van der Waals surface area contributed by atoms with Crippen molar-refractivity contribution in [1.82, 2.24) is 4.98 Å². The van der Waals surface area contributed by atoms with Crippen LogP contribution in [0.2, 0.25) is 0 Å². The zero-order valence-corrected chi connectivity index (χ0v) is 14.4. The Balaban J connectivity index is 2.44. The van der Waals surface area contributed by atoms with Crippen molar-refractivity contribution in [2.75, 3.05) is 17.6 Å². The van der Waals surface area contributed by atoms with Crippen LogP contribution >= 0.6 is 23.1 Å². The first-order chi connectivity index (χ1) is 10.00. The highest BCUT2D eigenvalue weighted by molar-refractivity contribution is 9.10. The fourth-order valence-electron chi connectivity index (χ4n) is 2.14. The van der Waals surface area contributed by atoms with Crippen molar-refractivity contribution >= 4 is 39.8 Å². The summed E-state index contributed by atoms with van der Waals surface area (Å²) < 4.78 is 27.6. The first-order valence-corrected chi connectivity index (χ1v) is 9.62. The van der Waals surface area contributed by atoms with E-state index in [1.807, 2.05) is 13.8 Å². The van der Waals surface area contributed by atoms with Crippen molar-refractivity contribution in [1.29, 1.82) is 0 Å². The summed E-state index contributed by atoms with van der Waals surface area (Å²) in [5.41, 5.74) is 0.942. The lowest BCUT2D eigenvalue weighted by Gasteiger charge is -2.19. The number of anilines is 2. The van der Waals surface area contributed by atoms with E-state index >= 15 is 0 Å². The number of rotatable bonds is 5. The van der Waals surface area contributed by atoms with E-state index in [2.05, 4.69) is 26.2 Å². The maximum absolute atomic E-state index is 13.9. The summed E-state index contributed by atoms with van der Waals surface area (Å²) in [6, 6.07) is 6.53. The molecule has 1 heterocycles. The predicted molar refractivity (Wildman–Crippen MR) is 89.9 cm³/mol. The Morgan fingerprint density at radius 3 is 2.57 bits per heavy atom. The number of pyridine rings is 1. The molecule has 1 aromatic carbocycles. The Hall–Kier alpha value is -1.19. The van der Waals surface area contributed by atoms with Gasteiger partial charge in [-0.1, -0.05) is 29.8 Å². The summed E-state index contributed by atoms with van der Waals surface area (Å²) in [6.07, 6.45) is 4.36. The Labute approximate surface area is 132 Å². The molecule has 0 aliphatic heterocycles. The van der Waals surface area contributed by atoms with E-state index in [0.29, 0.717) is 28.2 Å². The molecule has 0 saturated heterocycles. The molecule has 0 spiro atoms. The fourth-order valence-corrected chi connectivity index (χ4v) is 4.49. The van der Waals surface area contributed by atoms with Crippen molar-refractivity contribution in [2.24, 2.45) is 0 Å². The number of nitrogens with one attached hydrogen (secondary N) is 1. The van der Waals surface area contributed by atoms with Gasteiger partial charge in [0.2, 0.25) is 0 Å². The van der Waals surface area contributed by atoms with Gasteiger partial charge in [-0.2, -0.15) is 0 Å². The van der Waals surface area contributed by atoms with Gasteiger partial charge in [0.05, 0.1) is 17.6 Å². The number of halogens is 2. The molecule has 1 N–H and O–H groups in total. The molecule has 21 heavy (non-hydrogen) atoms. The Kier molecular flexibility index (Phi) is 5.17. The summed E-state index contributed by atoms with van der Waals surface area (Å²) in [6.45, 7) is 3.82. The highest BCUT2D eigenvalue weighted by Crippen LogP contribution is 2.45. The van der Waals surface area contributed by atoms with E-state index in [4.69, 9.17) is 0 Å². The van der Waals surface area contributed by atoms with Gasteiger partial charge in [-0.05, 0) is 24.3 Å². The molecule has 112 valence electrons. The Bertz CT molecular complexity index is 685. The average Bonchev–Trinajstić information content (AvgIpc) is 2.50. The lowest BCUT2D eigenvalue weighted by molar-refractivity contribution is 0.582. The van der Waals surface area contributed by atoms with Crippen LogP contribution in [0.15, 0.2) is 41.1 Å². The third-order valence-electron chi connectivity index (χ3n) is 3.46. The first-order valence-electron chi connectivity index (χ1n) is 6.75. The molecule has 3 nitrogen and oxygen atoms in total. The van der Waals surface area contributed by atoms with Crippen molar-refractivity contribution in [3.8, 4) is 0 Å². The van der Waals surface area contributed by atoms with Gasteiger partial charge in [0.15, 0.2) is 0 Å². The van der Waals surface area contributed by atoms with Crippen LogP contribution in [0.4, 0.5) is 15.8 Å². The van der Waals surface area contributed by atoms with E-state index in [9.17, 15) is 8.96 Å². The van der Waals surface area contributed by atoms with Gasteiger partial charge in [-0.3, -0.25) is 4.98 Å². The summed E-state index contributed by atoms with van der Waals surface area (Å²) in [5.74, 6) is -0.373. The minimum Gasteiger partial charge on any atom is -0.351 e. The number of hydrogen-bond donors (Lipinski definition) is 1. The molecule has 0 unspecified atom stereocenters. The van der Waals surface area contributed by atoms with Crippen LogP contribution in [0, 0.1) is 5.82 Å². The molecule has 1 aromatic heterocycles. The maximum atomic E-state index is 13.9. The van der Waals surface area contributed by atoms with Gasteiger partial charge in [0.1, 0.15) is 13.0 Å². The molecule has 0 aliphatic rings. The van der Waals surface area contributed by atoms with Crippen molar-refractivity contribution in [3.05, 3.63) is 46.9 Å². The number of hydrogen-bond acceptors (Lipinski definition) is 3. The SMILES string of the molecule is CCP(=O)(CC)c1ccncc1Nc1ccc(Br)cc1F. The molecular weight excluding hydrogens is 354 g/mol. The van der Waals surface area contributed by atoms with Crippen LogP contribution in [0.5, 0.6) is 0 Å². The topological polar surface area (TPSA) is 42.0 Å². The molecule has 0 bridgehead atoms. The molecule has 2 aromatic rings. The number of benzene rings is 1. The van der Waals surface area contributed by atoms with Crippen LogP contribution in [0.3, 0.4) is 0 Å². The molecule has 2 rings (SSSR count). The molecular formula is C15H17BrFN2OP. The standard InChI is InChI=1S/C15H17BrFN2OP/c1-3-21(20,4-2)15-7-8-18-10-14(15)19-13-6-5-11(16)9-12(13)17/h5-10,19H,3-4H2,1-2H3. The Morgan fingerprint density at radius 2 is 1.95 bits per heavy atom. The van der Waals surface area contributed by atoms with Gasteiger partial charge in [0.25, 0.3) is 0 Å².